The summed E-state index contributed by atoms with van der Waals surface area (Å²) < 4.78 is 12.7. The van der Waals surface area contributed by atoms with Crippen LogP contribution in [-0.2, 0) is 8.85 Å². The Morgan fingerprint density at radius 2 is 1.57 bits per heavy atom. The van der Waals surface area contributed by atoms with Crippen molar-refractivity contribution in [3.8, 4) is 0 Å². The molecule has 0 radical (unpaired) electrons. The van der Waals surface area contributed by atoms with Gasteiger partial charge < -0.3 is 8.85 Å². The Balaban J connectivity index is 5.46. The van der Waals surface area contributed by atoms with Crippen molar-refractivity contribution in [3.63, 3.8) is 0 Å². The van der Waals surface area contributed by atoms with Gasteiger partial charge in [-0.2, -0.15) is 0 Å². The molecular weight excluding hydrogens is 294 g/mol. The predicted molar refractivity (Wildman–Crippen MR) is 98.8 cm³/mol. The molecule has 3 nitrogen and oxygen atoms in total. The molecule has 0 amide bonds. The van der Waals surface area contributed by atoms with Gasteiger partial charge in [0.2, 0.25) is 0 Å². The van der Waals surface area contributed by atoms with E-state index in [0.29, 0.717) is 0 Å². The Labute approximate surface area is 136 Å². The molecule has 5 heteroatoms. The molecule has 0 saturated heterocycles. The zero-order chi connectivity index (χ0) is 16.9. The molecule has 0 rings (SSSR count). The molecule has 0 fully saturated rings. The van der Waals surface area contributed by atoms with E-state index in [4.69, 9.17) is 8.85 Å². The van der Waals surface area contributed by atoms with E-state index in [-0.39, 0.29) is 10.9 Å². The molecule has 0 aliphatic carbocycles. The quantitative estimate of drug-likeness (QED) is 0.461. The molecule has 0 aromatic rings. The summed E-state index contributed by atoms with van der Waals surface area (Å²) in [6.45, 7) is 24.5. The van der Waals surface area contributed by atoms with E-state index in [0.717, 1.165) is 13.2 Å². The summed E-state index contributed by atoms with van der Waals surface area (Å²) in [7, 11) is -3.16. The molecule has 0 saturated carbocycles. The Kier molecular flexibility index (Phi) is 8.37. The Hall–Kier alpha value is 0.314. The molecule has 128 valence electrons. The van der Waals surface area contributed by atoms with Gasteiger partial charge in [-0.05, 0) is 54.1 Å². The Morgan fingerprint density at radius 3 is 1.90 bits per heavy atom. The summed E-state index contributed by atoms with van der Waals surface area (Å²) in [5.74, 6) is 0. The number of hydrogen-bond acceptors (Lipinski definition) is 3. The van der Waals surface area contributed by atoms with Gasteiger partial charge in [0.25, 0.3) is 0 Å². The Morgan fingerprint density at radius 1 is 1.05 bits per heavy atom. The van der Waals surface area contributed by atoms with Crippen molar-refractivity contribution >= 4 is 17.4 Å². The summed E-state index contributed by atoms with van der Waals surface area (Å²) in [5, 5.41) is -0.154. The molecule has 0 aromatic heterocycles. The van der Waals surface area contributed by atoms with E-state index in [1.165, 1.54) is 12.8 Å². The summed E-state index contributed by atoms with van der Waals surface area (Å²) >= 11 is 0. The van der Waals surface area contributed by atoms with Gasteiger partial charge in [0, 0.05) is 18.7 Å². The minimum atomic E-state index is -2.09. The molecular formula is C16H39NO2Si2. The van der Waals surface area contributed by atoms with Gasteiger partial charge in [0.05, 0.1) is 14.1 Å². The second-order valence-electron chi connectivity index (χ2n) is 7.82. The molecule has 0 heterocycles. The van der Waals surface area contributed by atoms with Crippen molar-refractivity contribution in [1.82, 2.24) is 4.90 Å². The molecule has 1 unspecified atom stereocenters. The standard InChI is InChI=1S/C16H39NO2Si2/c1-11-13-14-17(15(3,4)5)16(6,20(7)8)19-21(9,10)18-12-2/h20H,11-14H2,1-10H3. The fourth-order valence-corrected chi connectivity index (χ4v) is 7.69. The third-order valence-corrected chi connectivity index (χ3v) is 8.79. The van der Waals surface area contributed by atoms with Crippen LogP contribution in [0.5, 0.6) is 0 Å². The van der Waals surface area contributed by atoms with Crippen molar-refractivity contribution in [2.75, 3.05) is 13.2 Å². The SMILES string of the molecule is CCCCN(C(C)(C)C)C(C)(O[Si](C)(C)OCC)[SiH](C)C. The second kappa shape index (κ2) is 8.25. The normalized spacial score (nSPS) is 16.6. The Bertz CT molecular complexity index is 300. The molecule has 0 N–H and O–H groups in total. The molecule has 0 aliphatic heterocycles. The third kappa shape index (κ3) is 6.52. The molecule has 1 atom stereocenters. The van der Waals surface area contributed by atoms with Crippen LogP contribution < -0.4 is 0 Å². The summed E-state index contributed by atoms with van der Waals surface area (Å²) in [6.07, 6.45) is 2.43. The van der Waals surface area contributed by atoms with Crippen molar-refractivity contribution in [3.05, 3.63) is 0 Å². The number of hydrogen-bond donors (Lipinski definition) is 0. The second-order valence-corrected chi connectivity index (χ2v) is 14.5. The summed E-state index contributed by atoms with van der Waals surface area (Å²) in [6, 6.07) is 0. The smallest absolute Gasteiger partial charge is 0.332 e. The first kappa shape index (κ1) is 21.3. The van der Waals surface area contributed by atoms with E-state index >= 15 is 0 Å². The maximum Gasteiger partial charge on any atom is 0.332 e. The van der Waals surface area contributed by atoms with E-state index in [1.54, 1.807) is 0 Å². The van der Waals surface area contributed by atoms with Crippen LogP contribution in [0.1, 0.15) is 54.4 Å². The van der Waals surface area contributed by atoms with Gasteiger partial charge in [0.1, 0.15) is 0 Å². The van der Waals surface area contributed by atoms with Crippen LogP contribution in [0.25, 0.3) is 0 Å². The average Bonchev–Trinajstić information content (AvgIpc) is 2.26. The summed E-state index contributed by atoms with van der Waals surface area (Å²) in [4.78, 5) is 2.59. The van der Waals surface area contributed by atoms with Crippen molar-refractivity contribution in [2.45, 2.75) is 91.5 Å². The highest BCUT2D eigenvalue weighted by Crippen LogP contribution is 2.32. The zero-order valence-corrected chi connectivity index (χ0v) is 18.3. The van der Waals surface area contributed by atoms with E-state index in [2.05, 4.69) is 72.6 Å². The molecule has 21 heavy (non-hydrogen) atoms. The van der Waals surface area contributed by atoms with Crippen molar-refractivity contribution < 1.29 is 8.85 Å². The van der Waals surface area contributed by atoms with E-state index in [1.807, 2.05) is 0 Å². The fraction of sp³-hybridized carbons (Fsp3) is 1.00. The van der Waals surface area contributed by atoms with Gasteiger partial charge in [-0.3, -0.25) is 4.90 Å². The fourth-order valence-electron chi connectivity index (χ4n) is 2.90. The van der Waals surface area contributed by atoms with E-state index in [9.17, 15) is 0 Å². The monoisotopic (exact) mass is 333 g/mol. The first-order valence-electron chi connectivity index (χ1n) is 8.52. The molecule has 0 aliphatic rings. The van der Waals surface area contributed by atoms with Gasteiger partial charge >= 0.3 is 8.56 Å². The van der Waals surface area contributed by atoms with Crippen LogP contribution in [0.2, 0.25) is 26.2 Å². The molecule has 0 aromatic carbocycles. The summed E-state index contributed by atoms with van der Waals surface area (Å²) in [5.41, 5.74) is 0.109. The maximum absolute atomic E-state index is 6.72. The van der Waals surface area contributed by atoms with Crippen molar-refractivity contribution in [2.24, 2.45) is 0 Å². The molecule has 0 spiro atoms. The average molecular weight is 334 g/mol. The zero-order valence-electron chi connectivity index (χ0n) is 16.2. The topological polar surface area (TPSA) is 21.7 Å². The molecule has 0 bridgehead atoms. The predicted octanol–water partition coefficient (Wildman–Crippen LogP) is 4.38. The van der Waals surface area contributed by atoms with Crippen LogP contribution in [0.4, 0.5) is 0 Å². The van der Waals surface area contributed by atoms with Crippen LogP contribution in [0, 0.1) is 0 Å². The number of nitrogens with zero attached hydrogens (tertiary/aromatic N) is 1. The van der Waals surface area contributed by atoms with Gasteiger partial charge in [0.15, 0.2) is 0 Å². The lowest BCUT2D eigenvalue weighted by Crippen LogP contribution is -2.66. The van der Waals surface area contributed by atoms with Crippen LogP contribution in [-0.4, -0.2) is 46.3 Å². The first-order valence-corrected chi connectivity index (χ1v) is 14.2. The van der Waals surface area contributed by atoms with Gasteiger partial charge in [-0.1, -0.05) is 26.4 Å². The van der Waals surface area contributed by atoms with Crippen molar-refractivity contribution in [1.29, 1.82) is 0 Å². The van der Waals surface area contributed by atoms with Crippen LogP contribution in [0.15, 0.2) is 0 Å². The van der Waals surface area contributed by atoms with Crippen LogP contribution >= 0.6 is 0 Å². The van der Waals surface area contributed by atoms with Gasteiger partial charge in [-0.15, -0.1) is 0 Å². The highest BCUT2D eigenvalue weighted by Gasteiger charge is 2.46. The number of unbranched alkanes of at least 4 members (excludes halogenated alkanes) is 1. The highest BCUT2D eigenvalue weighted by atomic mass is 28.4. The minimum Gasteiger partial charge on any atom is -0.395 e. The third-order valence-electron chi connectivity index (χ3n) is 4.10. The first-order chi connectivity index (χ1) is 9.40. The van der Waals surface area contributed by atoms with E-state index < -0.39 is 17.4 Å². The highest BCUT2D eigenvalue weighted by molar-refractivity contribution is 6.67. The van der Waals surface area contributed by atoms with Crippen LogP contribution in [0.3, 0.4) is 0 Å². The maximum atomic E-state index is 6.72. The largest absolute Gasteiger partial charge is 0.395 e. The van der Waals surface area contributed by atoms with Gasteiger partial charge in [-0.25, -0.2) is 0 Å². The minimum absolute atomic E-state index is 0.109. The lowest BCUT2D eigenvalue weighted by molar-refractivity contribution is -0.0794. The lowest BCUT2D eigenvalue weighted by atomic mass is 10.0. The lowest BCUT2D eigenvalue weighted by Gasteiger charge is -2.53. The number of rotatable bonds is 9.